The second-order valence-corrected chi connectivity index (χ2v) is 12.0. The number of hydrogen-bond acceptors (Lipinski definition) is 7. The Morgan fingerprint density at radius 2 is 1.72 bits per heavy atom. The van der Waals surface area contributed by atoms with Gasteiger partial charge in [0.25, 0.3) is 15.7 Å². The van der Waals surface area contributed by atoms with Gasteiger partial charge < -0.3 is 15.0 Å². The van der Waals surface area contributed by atoms with Crippen molar-refractivity contribution in [2.75, 3.05) is 24.5 Å². The van der Waals surface area contributed by atoms with E-state index in [0.29, 0.717) is 30.7 Å². The summed E-state index contributed by atoms with van der Waals surface area (Å²) in [5.41, 5.74) is 1.84. The van der Waals surface area contributed by atoms with Crippen molar-refractivity contribution in [3.63, 3.8) is 0 Å². The van der Waals surface area contributed by atoms with E-state index in [0.717, 1.165) is 21.5 Å². The fraction of sp³-hybridized carbons (Fsp3) is 0.355. The van der Waals surface area contributed by atoms with Gasteiger partial charge in [-0.2, -0.15) is 0 Å². The molecule has 0 radical (unpaired) electrons. The summed E-state index contributed by atoms with van der Waals surface area (Å²) >= 11 is 0. The smallest absolute Gasteiger partial charge is 0.273 e. The number of nitro groups is 1. The molecule has 3 aromatic carbocycles. The Morgan fingerprint density at radius 3 is 2.30 bits per heavy atom. The average molecular weight is 611 g/mol. The van der Waals surface area contributed by atoms with Crippen LogP contribution < -0.4 is 14.4 Å². The summed E-state index contributed by atoms with van der Waals surface area (Å²) in [4.78, 5) is 39.3. The minimum Gasteiger partial charge on any atom is -0.497 e. The standard InChI is InChI=1S/C31H38N4O7S/c1-6-17-32-31(37)28(7-2)33(20-24-10-8-9-22(3)18-24)30(36)21-34(25-12-14-26(42-5)15-13-25)43(40,41)27-16-11-23(4)29(19-27)35(38)39/h8-16,18-19,28H,6-7,17,20-21H2,1-5H3,(H,32,37)/t28-/m0/s1. The van der Waals surface area contributed by atoms with Gasteiger partial charge in [-0.05, 0) is 62.6 Å². The number of ether oxygens (including phenoxy) is 1. The molecule has 0 aliphatic rings. The second kappa shape index (κ2) is 14.6. The molecule has 0 saturated heterocycles. The highest BCUT2D eigenvalue weighted by atomic mass is 32.2. The van der Waals surface area contributed by atoms with Crippen molar-refractivity contribution in [3.8, 4) is 5.75 Å². The van der Waals surface area contributed by atoms with Crippen LogP contribution in [0.15, 0.2) is 71.6 Å². The van der Waals surface area contributed by atoms with Crippen molar-refractivity contribution in [2.24, 2.45) is 0 Å². The molecule has 0 bridgehead atoms. The number of methoxy groups -OCH3 is 1. The number of hydrogen-bond donors (Lipinski definition) is 1. The molecular formula is C31H38N4O7S. The first-order chi connectivity index (χ1) is 20.4. The highest BCUT2D eigenvalue weighted by Crippen LogP contribution is 2.29. The fourth-order valence-electron chi connectivity index (χ4n) is 4.64. The largest absolute Gasteiger partial charge is 0.497 e. The van der Waals surface area contributed by atoms with E-state index in [1.165, 1.54) is 43.2 Å². The molecule has 12 heteroatoms. The molecule has 2 amide bonds. The molecule has 0 aliphatic heterocycles. The first-order valence-electron chi connectivity index (χ1n) is 14.0. The predicted octanol–water partition coefficient (Wildman–Crippen LogP) is 4.75. The third-order valence-electron chi connectivity index (χ3n) is 6.98. The van der Waals surface area contributed by atoms with Gasteiger partial charge in [0.1, 0.15) is 18.3 Å². The van der Waals surface area contributed by atoms with Gasteiger partial charge in [-0.1, -0.05) is 49.7 Å². The Labute approximate surface area is 252 Å². The van der Waals surface area contributed by atoms with Gasteiger partial charge in [0, 0.05) is 24.7 Å². The van der Waals surface area contributed by atoms with Crippen LogP contribution in [0.4, 0.5) is 11.4 Å². The van der Waals surface area contributed by atoms with E-state index in [1.807, 2.05) is 38.1 Å². The predicted molar refractivity (Wildman–Crippen MR) is 164 cm³/mol. The number of sulfonamides is 1. The van der Waals surface area contributed by atoms with Crippen molar-refractivity contribution >= 4 is 33.2 Å². The van der Waals surface area contributed by atoms with Crippen LogP contribution in [0.25, 0.3) is 0 Å². The van der Waals surface area contributed by atoms with Crippen LogP contribution in [-0.4, -0.2) is 56.3 Å². The lowest BCUT2D eigenvalue weighted by molar-refractivity contribution is -0.385. The van der Waals surface area contributed by atoms with Crippen molar-refractivity contribution in [3.05, 3.63) is 93.5 Å². The van der Waals surface area contributed by atoms with E-state index < -0.39 is 33.4 Å². The van der Waals surface area contributed by atoms with E-state index in [2.05, 4.69) is 5.32 Å². The SMILES string of the molecule is CCCNC(=O)[C@H](CC)N(Cc1cccc(C)c1)C(=O)CN(c1ccc(OC)cc1)S(=O)(=O)c1ccc(C)c([N+](=O)[O-])c1. The molecule has 0 spiro atoms. The Hall–Kier alpha value is -4.45. The van der Waals surface area contributed by atoms with E-state index in [-0.39, 0.29) is 28.7 Å². The number of carbonyl (C=O) groups is 2. The lowest BCUT2D eigenvalue weighted by Gasteiger charge is -2.33. The summed E-state index contributed by atoms with van der Waals surface area (Å²) in [7, 11) is -3.01. The maximum Gasteiger partial charge on any atom is 0.273 e. The molecule has 0 aliphatic carbocycles. The number of carbonyl (C=O) groups excluding carboxylic acids is 2. The zero-order valence-electron chi connectivity index (χ0n) is 25.1. The number of rotatable bonds is 14. The fourth-order valence-corrected chi connectivity index (χ4v) is 6.08. The van der Waals surface area contributed by atoms with Gasteiger partial charge in [-0.25, -0.2) is 8.42 Å². The van der Waals surface area contributed by atoms with Gasteiger partial charge in [-0.3, -0.25) is 24.0 Å². The van der Waals surface area contributed by atoms with Crippen LogP contribution in [0.5, 0.6) is 5.75 Å². The molecule has 0 heterocycles. The minimum absolute atomic E-state index is 0.0745. The number of anilines is 1. The van der Waals surface area contributed by atoms with Crippen LogP contribution in [0.3, 0.4) is 0 Å². The van der Waals surface area contributed by atoms with Gasteiger partial charge in [0.15, 0.2) is 0 Å². The molecule has 3 rings (SSSR count). The summed E-state index contributed by atoms with van der Waals surface area (Å²) in [5.74, 6) is -0.475. The van der Waals surface area contributed by atoms with Crippen molar-refractivity contribution in [1.82, 2.24) is 10.2 Å². The molecule has 43 heavy (non-hydrogen) atoms. The Bertz CT molecular complexity index is 1560. The van der Waals surface area contributed by atoms with Gasteiger partial charge >= 0.3 is 0 Å². The molecule has 1 atom stereocenters. The summed E-state index contributed by atoms with van der Waals surface area (Å²) in [5, 5.41) is 14.5. The summed E-state index contributed by atoms with van der Waals surface area (Å²) in [6.45, 7) is 6.99. The maximum atomic E-state index is 14.1. The number of aryl methyl sites for hydroxylation is 2. The average Bonchev–Trinajstić information content (AvgIpc) is 2.98. The van der Waals surface area contributed by atoms with Gasteiger partial charge in [0.2, 0.25) is 11.8 Å². The van der Waals surface area contributed by atoms with E-state index in [1.54, 1.807) is 19.1 Å². The van der Waals surface area contributed by atoms with Crippen LogP contribution in [0.2, 0.25) is 0 Å². The minimum atomic E-state index is -4.48. The summed E-state index contributed by atoms with van der Waals surface area (Å²) in [6, 6.07) is 16.4. The van der Waals surface area contributed by atoms with Crippen LogP contribution in [0, 0.1) is 24.0 Å². The van der Waals surface area contributed by atoms with Crippen LogP contribution in [-0.2, 0) is 26.2 Å². The normalized spacial score (nSPS) is 11.8. The highest BCUT2D eigenvalue weighted by molar-refractivity contribution is 7.92. The van der Waals surface area contributed by atoms with Crippen LogP contribution in [0.1, 0.15) is 43.4 Å². The molecule has 1 N–H and O–H groups in total. The third-order valence-corrected chi connectivity index (χ3v) is 8.74. The lowest BCUT2D eigenvalue weighted by atomic mass is 10.1. The van der Waals surface area contributed by atoms with Crippen LogP contribution >= 0.6 is 0 Å². The van der Waals surface area contributed by atoms with E-state index in [9.17, 15) is 28.1 Å². The second-order valence-electron chi connectivity index (χ2n) is 10.1. The quantitative estimate of drug-likeness (QED) is 0.205. The molecule has 0 unspecified atom stereocenters. The van der Waals surface area contributed by atoms with E-state index in [4.69, 9.17) is 4.74 Å². The number of nitrogens with one attached hydrogen (secondary N) is 1. The molecule has 0 fully saturated rings. The molecule has 3 aromatic rings. The lowest BCUT2D eigenvalue weighted by Crippen LogP contribution is -2.52. The third kappa shape index (κ3) is 8.10. The van der Waals surface area contributed by atoms with Crippen molar-refractivity contribution < 1.29 is 27.7 Å². The first kappa shape index (κ1) is 33.1. The Morgan fingerprint density at radius 1 is 1.02 bits per heavy atom. The summed E-state index contributed by atoms with van der Waals surface area (Å²) < 4.78 is 34.3. The monoisotopic (exact) mass is 610 g/mol. The molecule has 11 nitrogen and oxygen atoms in total. The highest BCUT2D eigenvalue weighted by Gasteiger charge is 2.34. The number of benzene rings is 3. The zero-order chi connectivity index (χ0) is 31.7. The maximum absolute atomic E-state index is 14.1. The zero-order valence-corrected chi connectivity index (χ0v) is 25.9. The van der Waals surface area contributed by atoms with Crippen molar-refractivity contribution in [1.29, 1.82) is 0 Å². The van der Waals surface area contributed by atoms with Gasteiger partial charge in [0.05, 0.1) is 22.6 Å². The number of amides is 2. The molecule has 230 valence electrons. The first-order valence-corrected chi connectivity index (χ1v) is 15.4. The number of nitrogens with zero attached hydrogens (tertiary/aromatic N) is 3. The number of nitro benzene ring substituents is 1. The Kier molecular flexibility index (Phi) is 11.2. The Balaban J connectivity index is 2.11. The molecule has 0 saturated carbocycles. The molecule has 0 aromatic heterocycles. The summed E-state index contributed by atoms with van der Waals surface area (Å²) in [6.07, 6.45) is 1.01. The van der Waals surface area contributed by atoms with Crippen molar-refractivity contribution in [2.45, 2.75) is 58.0 Å². The topological polar surface area (TPSA) is 139 Å². The van der Waals surface area contributed by atoms with Gasteiger partial charge in [-0.15, -0.1) is 0 Å². The van der Waals surface area contributed by atoms with E-state index >= 15 is 0 Å². The molecular weight excluding hydrogens is 572 g/mol.